The Labute approximate surface area is 156 Å². The van der Waals surface area contributed by atoms with Gasteiger partial charge in [-0.15, -0.1) is 0 Å². The van der Waals surface area contributed by atoms with Gasteiger partial charge in [0.2, 0.25) is 5.91 Å². The van der Waals surface area contributed by atoms with E-state index in [1.54, 1.807) is 7.11 Å². The Kier molecular flexibility index (Phi) is 5.91. The highest BCUT2D eigenvalue weighted by atomic mass is 79.9. The van der Waals surface area contributed by atoms with Crippen molar-refractivity contribution in [2.24, 2.45) is 5.92 Å². The van der Waals surface area contributed by atoms with Crippen molar-refractivity contribution >= 4 is 21.8 Å². The van der Waals surface area contributed by atoms with Gasteiger partial charge in [0.15, 0.2) is 0 Å². The number of amides is 1. The van der Waals surface area contributed by atoms with Crippen molar-refractivity contribution in [3.05, 3.63) is 40.8 Å². The lowest BCUT2D eigenvalue weighted by atomic mass is 9.94. The normalized spacial score (nSPS) is 21.2. The average molecular weight is 406 g/mol. The molecular weight excluding hydrogens is 382 g/mol. The van der Waals surface area contributed by atoms with Gasteiger partial charge in [0.25, 0.3) is 0 Å². The number of imidazole rings is 1. The lowest BCUT2D eigenvalue weighted by molar-refractivity contribution is -0.126. The number of aromatic amines is 1. The van der Waals surface area contributed by atoms with Crippen LogP contribution in [0.3, 0.4) is 0 Å². The molecule has 0 spiro atoms. The van der Waals surface area contributed by atoms with Crippen LogP contribution in [0, 0.1) is 5.92 Å². The monoisotopic (exact) mass is 405 g/mol. The summed E-state index contributed by atoms with van der Waals surface area (Å²) in [5.41, 5.74) is 2.08. The summed E-state index contributed by atoms with van der Waals surface area (Å²) in [6, 6.07) is 8.14. The second-order valence-corrected chi connectivity index (χ2v) is 7.61. The van der Waals surface area contributed by atoms with Crippen LogP contribution in [-0.2, 0) is 9.53 Å². The van der Waals surface area contributed by atoms with Crippen LogP contribution in [0.2, 0.25) is 0 Å². The number of carbonyl (C=O) groups is 1. The first kappa shape index (κ1) is 18.1. The number of aromatic nitrogens is 2. The molecule has 0 bridgehead atoms. The fraction of sp³-hybridized carbons (Fsp3) is 0.474. The van der Waals surface area contributed by atoms with Crippen LogP contribution >= 0.6 is 15.9 Å². The number of nitrogens with one attached hydrogen (secondary N) is 2. The number of H-pyrrole nitrogens is 1. The molecule has 1 amide bonds. The summed E-state index contributed by atoms with van der Waals surface area (Å²) in [6.07, 6.45) is 4.81. The fourth-order valence-corrected chi connectivity index (χ4v) is 3.81. The molecule has 0 saturated heterocycles. The van der Waals surface area contributed by atoms with Gasteiger partial charge in [0.1, 0.15) is 5.82 Å². The Morgan fingerprint density at radius 2 is 2.16 bits per heavy atom. The number of benzene rings is 1. The highest BCUT2D eigenvalue weighted by Gasteiger charge is 2.36. The fourth-order valence-electron chi connectivity index (χ4n) is 3.54. The quantitative estimate of drug-likeness (QED) is 0.765. The highest BCUT2D eigenvalue weighted by Crippen LogP contribution is 2.39. The molecule has 3 atom stereocenters. The van der Waals surface area contributed by atoms with Crippen molar-refractivity contribution in [3.63, 3.8) is 0 Å². The summed E-state index contributed by atoms with van der Waals surface area (Å²) in [7, 11) is 1.65. The molecule has 0 aliphatic heterocycles. The number of methoxy groups -OCH3 is 1. The van der Waals surface area contributed by atoms with Crippen molar-refractivity contribution in [1.29, 1.82) is 0 Å². The van der Waals surface area contributed by atoms with Gasteiger partial charge in [-0.05, 0) is 37.5 Å². The van der Waals surface area contributed by atoms with Crippen molar-refractivity contribution in [1.82, 2.24) is 15.3 Å². The van der Waals surface area contributed by atoms with Crippen molar-refractivity contribution < 1.29 is 9.53 Å². The van der Waals surface area contributed by atoms with Gasteiger partial charge in [0.05, 0.1) is 18.5 Å². The van der Waals surface area contributed by atoms with Gasteiger partial charge in [-0.1, -0.05) is 34.5 Å². The third-order valence-corrected chi connectivity index (χ3v) is 5.29. The molecule has 1 aliphatic carbocycles. The van der Waals surface area contributed by atoms with Crippen molar-refractivity contribution in [2.75, 3.05) is 13.7 Å². The van der Waals surface area contributed by atoms with Crippen LogP contribution in [-0.4, -0.2) is 35.6 Å². The van der Waals surface area contributed by atoms with E-state index in [0.29, 0.717) is 6.61 Å². The molecular formula is C19H24BrN3O2. The van der Waals surface area contributed by atoms with Gasteiger partial charge in [0, 0.05) is 29.5 Å². The molecule has 1 fully saturated rings. The zero-order valence-electron chi connectivity index (χ0n) is 14.6. The van der Waals surface area contributed by atoms with E-state index in [2.05, 4.69) is 31.2 Å². The van der Waals surface area contributed by atoms with E-state index in [1.165, 1.54) is 0 Å². The second kappa shape index (κ2) is 8.15. The first-order chi connectivity index (χ1) is 12.1. The molecule has 1 aromatic carbocycles. The van der Waals surface area contributed by atoms with Crippen LogP contribution in [0.25, 0.3) is 11.3 Å². The molecule has 2 N–H and O–H groups in total. The molecule has 1 saturated carbocycles. The van der Waals surface area contributed by atoms with Gasteiger partial charge in [-0.2, -0.15) is 0 Å². The largest absolute Gasteiger partial charge is 0.383 e. The molecule has 134 valence electrons. The minimum atomic E-state index is -0.0248. The number of hydrogen-bond acceptors (Lipinski definition) is 3. The number of carbonyl (C=O) groups excluding carboxylic acids is 1. The zero-order chi connectivity index (χ0) is 17.8. The summed E-state index contributed by atoms with van der Waals surface area (Å²) in [4.78, 5) is 20.6. The first-order valence-corrected chi connectivity index (χ1v) is 9.48. The van der Waals surface area contributed by atoms with E-state index in [-0.39, 0.29) is 23.8 Å². The van der Waals surface area contributed by atoms with Gasteiger partial charge < -0.3 is 15.0 Å². The number of nitrogens with zero attached hydrogens (tertiary/aromatic N) is 1. The molecule has 2 unspecified atom stereocenters. The van der Waals surface area contributed by atoms with Crippen LogP contribution < -0.4 is 5.32 Å². The molecule has 25 heavy (non-hydrogen) atoms. The third kappa shape index (κ3) is 4.30. The SMILES string of the molecule is COC[C@@H](C)NC(=O)C1CCCC1c1ncc(-c2ccc(Br)cc2)[nH]1. The molecule has 6 heteroatoms. The lowest BCUT2D eigenvalue weighted by Gasteiger charge is -2.20. The van der Waals surface area contributed by atoms with E-state index in [0.717, 1.165) is 40.8 Å². The highest BCUT2D eigenvalue weighted by molar-refractivity contribution is 9.10. The van der Waals surface area contributed by atoms with Crippen LogP contribution in [0.15, 0.2) is 34.9 Å². The van der Waals surface area contributed by atoms with Crippen molar-refractivity contribution in [2.45, 2.75) is 38.1 Å². The molecule has 2 aromatic rings. The summed E-state index contributed by atoms with van der Waals surface area (Å²) < 4.78 is 6.15. The topological polar surface area (TPSA) is 67.0 Å². The smallest absolute Gasteiger partial charge is 0.224 e. The van der Waals surface area contributed by atoms with Gasteiger partial charge >= 0.3 is 0 Å². The van der Waals surface area contributed by atoms with E-state index in [9.17, 15) is 4.79 Å². The van der Waals surface area contributed by atoms with Crippen LogP contribution in [0.4, 0.5) is 0 Å². The van der Waals surface area contributed by atoms with E-state index in [1.807, 2.05) is 37.4 Å². The van der Waals surface area contributed by atoms with E-state index in [4.69, 9.17) is 4.74 Å². The second-order valence-electron chi connectivity index (χ2n) is 6.70. The first-order valence-electron chi connectivity index (χ1n) is 8.68. The summed E-state index contributed by atoms with van der Waals surface area (Å²) in [5, 5.41) is 3.06. The van der Waals surface area contributed by atoms with E-state index >= 15 is 0 Å². The Bertz CT molecular complexity index is 714. The Morgan fingerprint density at radius 1 is 1.40 bits per heavy atom. The minimum absolute atomic E-state index is 0.0219. The van der Waals surface area contributed by atoms with Crippen molar-refractivity contribution in [3.8, 4) is 11.3 Å². The standard InChI is InChI=1S/C19H24BrN3O2/c1-12(11-25-2)22-19(24)16-5-3-4-15(16)18-21-10-17(23-18)13-6-8-14(20)9-7-13/h6-10,12,15-16H,3-5,11H2,1-2H3,(H,21,23)(H,22,24)/t12-,15?,16?/m1/s1. The third-order valence-electron chi connectivity index (χ3n) is 4.76. The zero-order valence-corrected chi connectivity index (χ0v) is 16.2. The maximum atomic E-state index is 12.6. The summed E-state index contributed by atoms with van der Waals surface area (Å²) in [6.45, 7) is 2.49. The predicted octanol–water partition coefficient (Wildman–Crippen LogP) is 3.87. The van der Waals surface area contributed by atoms with Gasteiger partial charge in [-0.3, -0.25) is 4.79 Å². The van der Waals surface area contributed by atoms with Gasteiger partial charge in [-0.25, -0.2) is 4.98 Å². The Hall–Kier alpha value is -1.66. The molecule has 1 aromatic heterocycles. The molecule has 0 radical (unpaired) electrons. The average Bonchev–Trinajstić information content (AvgIpc) is 3.24. The Morgan fingerprint density at radius 3 is 2.88 bits per heavy atom. The summed E-state index contributed by atoms with van der Waals surface area (Å²) >= 11 is 3.45. The molecule has 5 nitrogen and oxygen atoms in total. The van der Waals surface area contributed by atoms with E-state index < -0.39 is 0 Å². The minimum Gasteiger partial charge on any atom is -0.383 e. The lowest BCUT2D eigenvalue weighted by Crippen LogP contribution is -2.40. The van der Waals surface area contributed by atoms with Crippen LogP contribution in [0.1, 0.15) is 37.9 Å². The number of rotatable bonds is 6. The number of hydrogen-bond donors (Lipinski definition) is 2. The van der Waals surface area contributed by atoms with Crippen LogP contribution in [0.5, 0.6) is 0 Å². The molecule has 3 rings (SSSR count). The molecule has 1 aliphatic rings. The summed E-state index contributed by atoms with van der Waals surface area (Å²) in [5.74, 6) is 1.14. The molecule has 1 heterocycles. The predicted molar refractivity (Wildman–Crippen MR) is 101 cm³/mol. The number of ether oxygens (including phenoxy) is 1. The Balaban J connectivity index is 1.72. The number of halogens is 1. The maximum absolute atomic E-state index is 12.6. The maximum Gasteiger partial charge on any atom is 0.224 e.